The van der Waals surface area contributed by atoms with Crippen LogP contribution < -0.4 is 10.2 Å². The minimum absolute atomic E-state index is 0.0635. The highest BCUT2D eigenvalue weighted by Crippen LogP contribution is 2.13. The first-order chi connectivity index (χ1) is 6.63. The van der Waals surface area contributed by atoms with E-state index in [-0.39, 0.29) is 4.87 Å². The molecule has 14 heavy (non-hydrogen) atoms. The van der Waals surface area contributed by atoms with Crippen molar-refractivity contribution in [2.45, 2.75) is 33.7 Å². The van der Waals surface area contributed by atoms with E-state index in [2.05, 4.69) is 31.1 Å². The fourth-order valence-electron chi connectivity index (χ4n) is 1.35. The van der Waals surface area contributed by atoms with Gasteiger partial charge in [-0.3, -0.25) is 4.79 Å². The third-order valence-electron chi connectivity index (χ3n) is 1.95. The smallest absolute Gasteiger partial charge is 0.304 e. The van der Waals surface area contributed by atoms with Crippen LogP contribution >= 0.6 is 11.3 Å². The maximum atomic E-state index is 11.2. The SMILES string of the molecule is CCNCc1sc(=O)[nH]c1CC(C)C. The first-order valence-corrected chi connectivity index (χ1v) is 5.86. The maximum absolute atomic E-state index is 11.2. The Morgan fingerprint density at radius 1 is 1.50 bits per heavy atom. The number of aromatic nitrogens is 1. The lowest BCUT2D eigenvalue weighted by atomic mass is 10.1. The highest BCUT2D eigenvalue weighted by molar-refractivity contribution is 7.09. The molecule has 1 aromatic rings. The van der Waals surface area contributed by atoms with E-state index < -0.39 is 0 Å². The summed E-state index contributed by atoms with van der Waals surface area (Å²) in [4.78, 5) is 15.3. The minimum Gasteiger partial charge on any atom is -0.316 e. The summed E-state index contributed by atoms with van der Waals surface area (Å²) in [5, 5.41) is 3.24. The monoisotopic (exact) mass is 214 g/mol. The van der Waals surface area contributed by atoms with E-state index in [9.17, 15) is 4.79 Å². The maximum Gasteiger partial charge on any atom is 0.304 e. The molecule has 4 heteroatoms. The van der Waals surface area contributed by atoms with Crippen molar-refractivity contribution >= 4 is 11.3 Å². The van der Waals surface area contributed by atoms with Crippen LogP contribution in [0.3, 0.4) is 0 Å². The van der Waals surface area contributed by atoms with Crippen LogP contribution in [0.15, 0.2) is 4.79 Å². The van der Waals surface area contributed by atoms with Crippen molar-refractivity contribution in [1.82, 2.24) is 10.3 Å². The number of aromatic amines is 1. The van der Waals surface area contributed by atoms with Crippen molar-refractivity contribution in [1.29, 1.82) is 0 Å². The predicted octanol–water partition coefficient (Wildman–Crippen LogP) is 1.74. The lowest BCUT2D eigenvalue weighted by Crippen LogP contribution is -2.12. The van der Waals surface area contributed by atoms with Crippen molar-refractivity contribution < 1.29 is 0 Å². The standard InChI is InChI=1S/C10H18N2OS/c1-4-11-6-9-8(5-7(2)3)12-10(13)14-9/h7,11H,4-6H2,1-3H3,(H,12,13). The van der Waals surface area contributed by atoms with Crippen LogP contribution in [-0.2, 0) is 13.0 Å². The molecule has 80 valence electrons. The van der Waals surface area contributed by atoms with Gasteiger partial charge < -0.3 is 10.3 Å². The predicted molar refractivity (Wildman–Crippen MR) is 60.9 cm³/mol. The third kappa shape index (κ3) is 3.27. The second kappa shape index (κ2) is 5.32. The van der Waals surface area contributed by atoms with Crippen LogP contribution in [-0.4, -0.2) is 11.5 Å². The Hall–Kier alpha value is -0.610. The van der Waals surface area contributed by atoms with Crippen molar-refractivity contribution in [2.75, 3.05) is 6.54 Å². The molecule has 0 aliphatic carbocycles. The van der Waals surface area contributed by atoms with E-state index in [4.69, 9.17) is 0 Å². The Labute approximate surface area is 88.6 Å². The molecule has 0 atom stereocenters. The highest BCUT2D eigenvalue weighted by Gasteiger charge is 2.08. The fraction of sp³-hybridized carbons (Fsp3) is 0.700. The molecule has 0 aromatic carbocycles. The number of nitrogens with one attached hydrogen (secondary N) is 2. The van der Waals surface area contributed by atoms with Gasteiger partial charge in [-0.2, -0.15) is 0 Å². The van der Waals surface area contributed by atoms with Gasteiger partial charge in [0.1, 0.15) is 0 Å². The first-order valence-electron chi connectivity index (χ1n) is 5.05. The van der Waals surface area contributed by atoms with Crippen LogP contribution in [0.5, 0.6) is 0 Å². The molecule has 0 aliphatic heterocycles. The highest BCUT2D eigenvalue weighted by atomic mass is 32.1. The number of hydrogen-bond acceptors (Lipinski definition) is 3. The van der Waals surface area contributed by atoms with E-state index in [0.717, 1.165) is 30.1 Å². The summed E-state index contributed by atoms with van der Waals surface area (Å²) in [5.74, 6) is 0.584. The Morgan fingerprint density at radius 2 is 2.21 bits per heavy atom. The average Bonchev–Trinajstić information content (AvgIpc) is 2.41. The van der Waals surface area contributed by atoms with E-state index in [1.165, 1.54) is 11.3 Å². The Balaban J connectivity index is 2.74. The molecule has 2 N–H and O–H groups in total. The van der Waals surface area contributed by atoms with E-state index >= 15 is 0 Å². The van der Waals surface area contributed by atoms with E-state index in [1.54, 1.807) is 0 Å². The van der Waals surface area contributed by atoms with Crippen LogP contribution in [0, 0.1) is 5.92 Å². The zero-order chi connectivity index (χ0) is 10.6. The summed E-state index contributed by atoms with van der Waals surface area (Å²) in [7, 11) is 0. The molecule has 3 nitrogen and oxygen atoms in total. The molecule has 0 unspecified atom stereocenters. The van der Waals surface area contributed by atoms with Crippen molar-refractivity contribution in [2.24, 2.45) is 5.92 Å². The molecular formula is C10H18N2OS. The molecule has 0 bridgehead atoms. The van der Waals surface area contributed by atoms with Gasteiger partial charge >= 0.3 is 4.87 Å². The van der Waals surface area contributed by atoms with Crippen molar-refractivity contribution in [3.63, 3.8) is 0 Å². The van der Waals surface area contributed by atoms with Crippen LogP contribution in [0.2, 0.25) is 0 Å². The summed E-state index contributed by atoms with van der Waals surface area (Å²) in [6.45, 7) is 8.13. The van der Waals surface area contributed by atoms with Crippen molar-refractivity contribution in [3.8, 4) is 0 Å². The number of thiazole rings is 1. The zero-order valence-corrected chi connectivity index (χ0v) is 9.83. The molecule has 1 rings (SSSR count). The second-order valence-electron chi connectivity index (χ2n) is 3.79. The Bertz CT molecular complexity index is 327. The van der Waals surface area contributed by atoms with E-state index in [1.807, 2.05) is 0 Å². The molecule has 1 aromatic heterocycles. The van der Waals surface area contributed by atoms with Gasteiger partial charge in [-0.1, -0.05) is 32.1 Å². The van der Waals surface area contributed by atoms with Gasteiger partial charge in [0.05, 0.1) is 0 Å². The Morgan fingerprint density at radius 3 is 2.79 bits per heavy atom. The largest absolute Gasteiger partial charge is 0.316 e. The zero-order valence-electron chi connectivity index (χ0n) is 9.02. The van der Waals surface area contributed by atoms with Crippen LogP contribution in [0.1, 0.15) is 31.3 Å². The average molecular weight is 214 g/mol. The van der Waals surface area contributed by atoms with E-state index in [0.29, 0.717) is 5.92 Å². The van der Waals surface area contributed by atoms with Gasteiger partial charge in [-0.25, -0.2) is 0 Å². The molecule has 0 aliphatic rings. The number of hydrogen-bond donors (Lipinski definition) is 2. The van der Waals surface area contributed by atoms with Gasteiger partial charge in [0, 0.05) is 17.1 Å². The number of H-pyrrole nitrogens is 1. The summed E-state index contributed by atoms with van der Waals surface area (Å²) in [6.07, 6.45) is 0.958. The number of rotatable bonds is 5. The summed E-state index contributed by atoms with van der Waals surface area (Å²) < 4.78 is 0. The molecular weight excluding hydrogens is 196 g/mol. The molecule has 0 saturated heterocycles. The molecule has 0 amide bonds. The van der Waals surface area contributed by atoms with Crippen molar-refractivity contribution in [3.05, 3.63) is 20.2 Å². The molecule has 0 radical (unpaired) electrons. The summed E-state index contributed by atoms with van der Waals surface area (Å²) in [6, 6.07) is 0. The second-order valence-corrected chi connectivity index (χ2v) is 4.86. The topological polar surface area (TPSA) is 44.9 Å². The van der Waals surface area contributed by atoms with Gasteiger partial charge in [0.25, 0.3) is 0 Å². The summed E-state index contributed by atoms with van der Waals surface area (Å²) in [5.41, 5.74) is 1.11. The van der Waals surface area contributed by atoms with Crippen LogP contribution in [0.4, 0.5) is 0 Å². The Kier molecular flexibility index (Phi) is 4.35. The third-order valence-corrected chi connectivity index (χ3v) is 2.88. The first kappa shape index (κ1) is 11.5. The molecule has 0 fully saturated rings. The minimum atomic E-state index is 0.0635. The molecule has 0 spiro atoms. The summed E-state index contributed by atoms with van der Waals surface area (Å²) >= 11 is 1.32. The van der Waals surface area contributed by atoms with Gasteiger partial charge in [-0.05, 0) is 18.9 Å². The molecule has 0 saturated carbocycles. The lowest BCUT2D eigenvalue weighted by molar-refractivity contribution is 0.626. The van der Waals surface area contributed by atoms with Crippen LogP contribution in [0.25, 0.3) is 0 Å². The van der Waals surface area contributed by atoms with Gasteiger partial charge in [-0.15, -0.1) is 0 Å². The molecule has 1 heterocycles. The lowest BCUT2D eigenvalue weighted by Gasteiger charge is -2.05. The van der Waals surface area contributed by atoms with Gasteiger partial charge in [0.15, 0.2) is 0 Å². The van der Waals surface area contributed by atoms with Gasteiger partial charge in [0.2, 0.25) is 0 Å². The normalized spacial score (nSPS) is 11.1. The quantitative estimate of drug-likeness (QED) is 0.784. The fourth-order valence-corrected chi connectivity index (χ4v) is 2.18.